The van der Waals surface area contributed by atoms with E-state index in [0.29, 0.717) is 24.4 Å². The van der Waals surface area contributed by atoms with Crippen LogP contribution in [-0.4, -0.2) is 45.2 Å². The number of aliphatic hydroxyl groups excluding tert-OH is 2. The number of hydrogen-bond acceptors (Lipinski definition) is 8. The summed E-state index contributed by atoms with van der Waals surface area (Å²) < 4.78 is 17.5. The SMILES string of the molecule is O=c1ccc2ccc(OCCCCC#Cc3cn([C@H]4C[C@H](O)[C@@H](CO)O4)c(=O)[nH]c3=O)cc2o1. The predicted octanol–water partition coefficient (Wildman–Crippen LogP) is 0.884. The number of aliphatic hydroxyl groups is 2. The van der Waals surface area contributed by atoms with Crippen LogP contribution < -0.4 is 21.6 Å². The molecular weight excluding hydrogens is 444 g/mol. The van der Waals surface area contributed by atoms with Gasteiger partial charge in [0, 0.05) is 36.6 Å². The zero-order valence-electron chi connectivity index (χ0n) is 18.2. The maximum absolute atomic E-state index is 12.1. The van der Waals surface area contributed by atoms with E-state index in [1.165, 1.54) is 16.8 Å². The Balaban J connectivity index is 1.30. The molecule has 34 heavy (non-hydrogen) atoms. The van der Waals surface area contributed by atoms with Gasteiger partial charge < -0.3 is 24.1 Å². The maximum Gasteiger partial charge on any atom is 0.336 e. The first kappa shape index (κ1) is 23.5. The van der Waals surface area contributed by atoms with Crippen molar-refractivity contribution < 1.29 is 24.1 Å². The lowest BCUT2D eigenvalue weighted by atomic mass is 10.2. The summed E-state index contributed by atoms with van der Waals surface area (Å²) in [6.45, 7) is 0.0759. The molecule has 1 aromatic carbocycles. The van der Waals surface area contributed by atoms with Crippen LogP contribution in [0.4, 0.5) is 0 Å². The molecule has 0 aliphatic carbocycles. The van der Waals surface area contributed by atoms with Crippen molar-refractivity contribution in [1.82, 2.24) is 9.55 Å². The Kier molecular flexibility index (Phi) is 7.27. The molecule has 2 aromatic heterocycles. The largest absolute Gasteiger partial charge is 0.493 e. The fourth-order valence-electron chi connectivity index (χ4n) is 3.63. The van der Waals surface area contributed by atoms with Crippen molar-refractivity contribution in [2.75, 3.05) is 13.2 Å². The van der Waals surface area contributed by atoms with Crippen molar-refractivity contribution in [2.45, 2.75) is 44.1 Å². The average molecular weight is 468 g/mol. The van der Waals surface area contributed by atoms with E-state index in [2.05, 4.69) is 16.8 Å². The molecule has 3 aromatic rings. The molecule has 3 atom stereocenters. The van der Waals surface area contributed by atoms with Crippen LogP contribution in [0.15, 0.2) is 55.3 Å². The highest BCUT2D eigenvalue weighted by Gasteiger charge is 2.35. The standard InChI is InChI=1S/C24H24N2O8/c27-14-20-18(28)12-21(33-20)26-13-16(23(30)25-24(26)31)5-3-1-2-4-10-32-17-8-6-15-7-9-22(29)34-19(15)11-17/h6-9,11,13,18,20-21,27-28H,1-2,4,10,12,14H2,(H,25,30,31)/t18-,20+,21+/m0/s1. The Bertz CT molecular complexity index is 1390. The van der Waals surface area contributed by atoms with Crippen LogP contribution in [0, 0.1) is 11.8 Å². The van der Waals surface area contributed by atoms with Gasteiger partial charge in [0.25, 0.3) is 5.56 Å². The van der Waals surface area contributed by atoms with E-state index in [1.54, 1.807) is 18.2 Å². The first-order chi connectivity index (χ1) is 16.4. The third-order valence-electron chi connectivity index (χ3n) is 5.44. The number of fused-ring (bicyclic) bond motifs is 1. The highest BCUT2D eigenvalue weighted by molar-refractivity contribution is 5.77. The Morgan fingerprint density at radius 3 is 2.79 bits per heavy atom. The molecule has 1 aliphatic heterocycles. The monoisotopic (exact) mass is 468 g/mol. The summed E-state index contributed by atoms with van der Waals surface area (Å²) in [5.41, 5.74) is -1.11. The van der Waals surface area contributed by atoms with Crippen molar-refractivity contribution in [3.8, 4) is 17.6 Å². The number of unbranched alkanes of at least 4 members (excludes halogenated alkanes) is 2. The quantitative estimate of drug-likeness (QED) is 0.263. The molecule has 4 rings (SSSR count). The van der Waals surface area contributed by atoms with Crippen LogP contribution in [0.1, 0.15) is 37.5 Å². The summed E-state index contributed by atoms with van der Waals surface area (Å²) in [5.74, 6) is 6.29. The van der Waals surface area contributed by atoms with Gasteiger partial charge in [-0.15, -0.1) is 0 Å². The number of aromatic amines is 1. The fourth-order valence-corrected chi connectivity index (χ4v) is 3.63. The molecule has 0 radical (unpaired) electrons. The van der Waals surface area contributed by atoms with Crippen molar-refractivity contribution in [2.24, 2.45) is 0 Å². The maximum atomic E-state index is 12.1. The van der Waals surface area contributed by atoms with E-state index >= 15 is 0 Å². The lowest BCUT2D eigenvalue weighted by Gasteiger charge is -2.14. The zero-order chi connectivity index (χ0) is 24.1. The number of nitrogens with one attached hydrogen (secondary N) is 1. The van der Waals surface area contributed by atoms with E-state index in [-0.39, 0.29) is 18.6 Å². The van der Waals surface area contributed by atoms with Gasteiger partial charge in [0.2, 0.25) is 0 Å². The molecule has 178 valence electrons. The van der Waals surface area contributed by atoms with Crippen LogP contribution in [0.2, 0.25) is 0 Å². The second kappa shape index (κ2) is 10.5. The smallest absolute Gasteiger partial charge is 0.336 e. The second-order valence-corrected chi connectivity index (χ2v) is 7.89. The Morgan fingerprint density at radius 2 is 2.00 bits per heavy atom. The fraction of sp³-hybridized carbons (Fsp3) is 0.375. The first-order valence-electron chi connectivity index (χ1n) is 10.9. The van der Waals surface area contributed by atoms with Crippen LogP contribution >= 0.6 is 0 Å². The van der Waals surface area contributed by atoms with Crippen LogP contribution in [0.25, 0.3) is 11.0 Å². The van der Waals surface area contributed by atoms with Gasteiger partial charge in [0.05, 0.1) is 19.3 Å². The number of H-pyrrole nitrogens is 1. The zero-order valence-corrected chi connectivity index (χ0v) is 18.2. The molecular formula is C24H24N2O8. The highest BCUT2D eigenvalue weighted by atomic mass is 16.5. The first-order valence-corrected chi connectivity index (χ1v) is 10.9. The Labute approximate surface area is 193 Å². The van der Waals surface area contributed by atoms with Crippen LogP contribution in [-0.2, 0) is 4.74 Å². The molecule has 0 saturated carbocycles. The molecule has 0 amide bonds. The van der Waals surface area contributed by atoms with Crippen molar-refractivity contribution in [3.63, 3.8) is 0 Å². The topological polar surface area (TPSA) is 144 Å². The summed E-state index contributed by atoms with van der Waals surface area (Å²) in [6.07, 6.45) is 0.908. The van der Waals surface area contributed by atoms with Gasteiger partial charge in [-0.2, -0.15) is 0 Å². The molecule has 1 aliphatic rings. The van der Waals surface area contributed by atoms with Crippen molar-refractivity contribution in [1.29, 1.82) is 0 Å². The van der Waals surface area contributed by atoms with Gasteiger partial charge in [-0.3, -0.25) is 14.3 Å². The van der Waals surface area contributed by atoms with Crippen LogP contribution in [0.3, 0.4) is 0 Å². The minimum atomic E-state index is -0.904. The van der Waals surface area contributed by atoms with Crippen molar-refractivity contribution >= 4 is 11.0 Å². The van der Waals surface area contributed by atoms with E-state index in [1.807, 2.05) is 6.07 Å². The minimum absolute atomic E-state index is 0.110. The third kappa shape index (κ3) is 5.46. The molecule has 0 spiro atoms. The van der Waals surface area contributed by atoms with Crippen molar-refractivity contribution in [3.05, 3.63) is 73.4 Å². The van der Waals surface area contributed by atoms with Gasteiger partial charge in [0.15, 0.2) is 0 Å². The molecule has 0 bridgehead atoms. The number of ether oxygens (including phenoxy) is 2. The summed E-state index contributed by atoms with van der Waals surface area (Å²) in [7, 11) is 0. The van der Waals surface area contributed by atoms with Gasteiger partial charge in [-0.1, -0.05) is 11.8 Å². The number of nitrogens with zero attached hydrogens (tertiary/aromatic N) is 1. The van der Waals surface area contributed by atoms with Gasteiger partial charge >= 0.3 is 11.3 Å². The number of hydrogen-bond donors (Lipinski definition) is 3. The summed E-state index contributed by atoms with van der Waals surface area (Å²) in [6, 6.07) is 8.35. The Morgan fingerprint density at radius 1 is 1.18 bits per heavy atom. The molecule has 3 N–H and O–H groups in total. The third-order valence-corrected chi connectivity index (χ3v) is 5.44. The molecule has 1 saturated heterocycles. The van der Waals surface area contributed by atoms with Gasteiger partial charge in [-0.25, -0.2) is 9.59 Å². The summed E-state index contributed by atoms with van der Waals surface area (Å²) in [4.78, 5) is 37.8. The van der Waals surface area contributed by atoms with E-state index in [4.69, 9.17) is 13.9 Å². The molecule has 10 heteroatoms. The lowest BCUT2D eigenvalue weighted by Crippen LogP contribution is -2.33. The molecule has 3 heterocycles. The van der Waals surface area contributed by atoms with E-state index < -0.39 is 35.3 Å². The summed E-state index contributed by atoms with van der Waals surface area (Å²) >= 11 is 0. The summed E-state index contributed by atoms with van der Waals surface area (Å²) in [5, 5.41) is 19.9. The minimum Gasteiger partial charge on any atom is -0.493 e. The van der Waals surface area contributed by atoms with E-state index in [9.17, 15) is 24.6 Å². The average Bonchev–Trinajstić information content (AvgIpc) is 3.19. The Hall–Kier alpha value is -3.65. The molecule has 10 nitrogen and oxygen atoms in total. The highest BCUT2D eigenvalue weighted by Crippen LogP contribution is 2.27. The predicted molar refractivity (Wildman–Crippen MR) is 122 cm³/mol. The number of benzene rings is 1. The second-order valence-electron chi connectivity index (χ2n) is 7.89. The molecule has 0 unspecified atom stereocenters. The normalized spacial score (nSPS) is 19.6. The number of aromatic nitrogens is 2. The van der Waals surface area contributed by atoms with Gasteiger partial charge in [-0.05, 0) is 31.0 Å². The van der Waals surface area contributed by atoms with E-state index in [0.717, 1.165) is 18.2 Å². The molecule has 1 fully saturated rings. The van der Waals surface area contributed by atoms with Gasteiger partial charge in [0.1, 0.15) is 29.2 Å². The lowest BCUT2D eigenvalue weighted by molar-refractivity contribution is -0.0459. The number of rotatable bonds is 7. The van der Waals surface area contributed by atoms with Crippen LogP contribution in [0.5, 0.6) is 5.75 Å².